The Kier molecular flexibility index (Phi) is 11.5. The standard InChI is InChI=1S/C35H38BrN3O6S/c1-24-16-25(2)18-29(17-24)39(46(42,43)30-14-15-32(44-4)33(21-30)45-5)23-34(40)38(22-27-12-9-13-28(36)19-27)31(35(41)37-3)20-26-10-7-6-8-11-26/h6-19,21,31H,20,22-23H2,1-5H3,(H,37,41)/t31-/m1/s1. The zero-order valence-electron chi connectivity index (χ0n) is 26.5. The molecule has 4 aromatic rings. The molecule has 4 aromatic carbocycles. The summed E-state index contributed by atoms with van der Waals surface area (Å²) in [4.78, 5) is 29.3. The first-order valence-electron chi connectivity index (χ1n) is 14.6. The fourth-order valence-electron chi connectivity index (χ4n) is 5.28. The second-order valence-electron chi connectivity index (χ2n) is 10.8. The summed E-state index contributed by atoms with van der Waals surface area (Å²) in [7, 11) is 0.0823. The monoisotopic (exact) mass is 707 g/mol. The number of anilines is 1. The van der Waals surface area contributed by atoms with E-state index in [2.05, 4.69) is 21.2 Å². The minimum absolute atomic E-state index is 0.0697. The zero-order valence-corrected chi connectivity index (χ0v) is 28.9. The van der Waals surface area contributed by atoms with E-state index in [1.165, 1.54) is 44.4 Å². The average Bonchev–Trinajstić information content (AvgIpc) is 3.04. The van der Waals surface area contributed by atoms with Gasteiger partial charge < -0.3 is 19.7 Å². The Morgan fingerprint density at radius 1 is 0.826 bits per heavy atom. The number of ether oxygens (including phenoxy) is 2. The van der Waals surface area contributed by atoms with Gasteiger partial charge in [0.2, 0.25) is 11.8 Å². The number of hydrogen-bond donors (Lipinski definition) is 1. The van der Waals surface area contributed by atoms with Crippen molar-refractivity contribution in [3.63, 3.8) is 0 Å². The molecule has 46 heavy (non-hydrogen) atoms. The summed E-state index contributed by atoms with van der Waals surface area (Å²) in [6.45, 7) is 3.23. The molecule has 242 valence electrons. The van der Waals surface area contributed by atoms with Crippen molar-refractivity contribution in [3.8, 4) is 11.5 Å². The number of carbonyl (C=O) groups is 2. The zero-order chi connectivity index (χ0) is 33.4. The Morgan fingerprint density at radius 2 is 1.48 bits per heavy atom. The quantitative estimate of drug-likeness (QED) is 0.192. The maximum atomic E-state index is 14.5. The van der Waals surface area contributed by atoms with Crippen molar-refractivity contribution in [2.45, 2.75) is 37.8 Å². The minimum atomic E-state index is -4.32. The molecular formula is C35H38BrN3O6S. The molecule has 0 saturated carbocycles. The predicted molar refractivity (Wildman–Crippen MR) is 183 cm³/mol. The van der Waals surface area contributed by atoms with Crippen LogP contribution in [0.2, 0.25) is 0 Å². The molecule has 1 N–H and O–H groups in total. The van der Waals surface area contributed by atoms with Gasteiger partial charge in [-0.1, -0.05) is 64.5 Å². The number of likely N-dealkylation sites (N-methyl/N-ethyl adjacent to an activating group) is 1. The van der Waals surface area contributed by atoms with E-state index in [0.29, 0.717) is 11.4 Å². The predicted octanol–water partition coefficient (Wildman–Crippen LogP) is 5.66. The number of carbonyl (C=O) groups excluding carboxylic acids is 2. The van der Waals surface area contributed by atoms with Crippen molar-refractivity contribution in [1.82, 2.24) is 10.2 Å². The first-order valence-corrected chi connectivity index (χ1v) is 16.8. The highest BCUT2D eigenvalue weighted by molar-refractivity contribution is 9.10. The lowest BCUT2D eigenvalue weighted by Gasteiger charge is -2.33. The van der Waals surface area contributed by atoms with Crippen LogP contribution in [0.4, 0.5) is 5.69 Å². The van der Waals surface area contributed by atoms with Gasteiger partial charge in [0.05, 0.1) is 24.8 Å². The van der Waals surface area contributed by atoms with Gasteiger partial charge in [0.25, 0.3) is 10.0 Å². The van der Waals surface area contributed by atoms with Crippen molar-refractivity contribution < 1.29 is 27.5 Å². The Hall–Kier alpha value is -4.35. The Morgan fingerprint density at radius 3 is 2.09 bits per heavy atom. The van der Waals surface area contributed by atoms with E-state index in [1.807, 2.05) is 74.5 Å². The normalized spacial score (nSPS) is 11.8. The first-order chi connectivity index (χ1) is 22.0. The number of halogens is 1. The van der Waals surface area contributed by atoms with Crippen LogP contribution in [0.5, 0.6) is 11.5 Å². The van der Waals surface area contributed by atoms with Crippen molar-refractivity contribution in [2.24, 2.45) is 0 Å². The maximum absolute atomic E-state index is 14.5. The number of hydrogen-bond acceptors (Lipinski definition) is 6. The van der Waals surface area contributed by atoms with Crippen LogP contribution in [0, 0.1) is 13.8 Å². The highest BCUT2D eigenvalue weighted by Gasteiger charge is 2.35. The third-order valence-electron chi connectivity index (χ3n) is 7.48. The lowest BCUT2D eigenvalue weighted by atomic mass is 10.0. The molecule has 1 atom stereocenters. The van der Waals surface area contributed by atoms with Crippen molar-refractivity contribution in [1.29, 1.82) is 0 Å². The summed E-state index contributed by atoms with van der Waals surface area (Å²) >= 11 is 3.49. The van der Waals surface area contributed by atoms with Gasteiger partial charge in [-0.25, -0.2) is 8.42 Å². The first kappa shape index (κ1) is 34.5. The van der Waals surface area contributed by atoms with Gasteiger partial charge in [-0.05, 0) is 72.5 Å². The minimum Gasteiger partial charge on any atom is -0.493 e. The second-order valence-corrected chi connectivity index (χ2v) is 13.6. The van der Waals surface area contributed by atoms with Gasteiger partial charge in [-0.2, -0.15) is 0 Å². The smallest absolute Gasteiger partial charge is 0.264 e. The van der Waals surface area contributed by atoms with Crippen molar-refractivity contribution >= 4 is 43.5 Å². The summed E-state index contributed by atoms with van der Waals surface area (Å²) < 4.78 is 41.4. The number of amides is 2. The van der Waals surface area contributed by atoms with Gasteiger partial charge >= 0.3 is 0 Å². The summed E-state index contributed by atoms with van der Waals surface area (Å²) in [5.74, 6) is -0.320. The number of sulfonamides is 1. The maximum Gasteiger partial charge on any atom is 0.264 e. The number of methoxy groups -OCH3 is 2. The third kappa shape index (κ3) is 8.27. The van der Waals surface area contributed by atoms with E-state index in [9.17, 15) is 18.0 Å². The van der Waals surface area contributed by atoms with Crippen LogP contribution in [0.1, 0.15) is 22.3 Å². The van der Waals surface area contributed by atoms with Gasteiger partial charge in [-0.15, -0.1) is 0 Å². The average molecular weight is 709 g/mol. The summed E-state index contributed by atoms with van der Waals surface area (Å²) in [6, 6.07) is 25.6. The molecule has 0 saturated heterocycles. The fourth-order valence-corrected chi connectivity index (χ4v) is 7.14. The highest BCUT2D eigenvalue weighted by atomic mass is 79.9. The molecule has 0 aliphatic carbocycles. The van der Waals surface area contributed by atoms with E-state index in [-0.39, 0.29) is 29.5 Å². The number of nitrogens with zero attached hydrogens (tertiary/aromatic N) is 2. The van der Waals surface area contributed by atoms with Crippen LogP contribution >= 0.6 is 15.9 Å². The molecule has 0 aliphatic rings. The van der Waals surface area contributed by atoms with E-state index in [0.717, 1.165) is 31.0 Å². The third-order valence-corrected chi connectivity index (χ3v) is 9.74. The molecule has 0 unspecified atom stereocenters. The number of aryl methyl sites for hydroxylation is 2. The number of rotatable bonds is 13. The summed E-state index contributed by atoms with van der Waals surface area (Å²) in [6.07, 6.45) is 0.228. The largest absolute Gasteiger partial charge is 0.493 e. The molecule has 2 amide bonds. The van der Waals surface area contributed by atoms with E-state index in [1.54, 1.807) is 12.1 Å². The molecule has 0 spiro atoms. The van der Waals surface area contributed by atoms with Crippen LogP contribution in [-0.4, -0.2) is 59.0 Å². The molecule has 0 aromatic heterocycles. The van der Waals surface area contributed by atoms with Crippen LogP contribution in [-0.2, 0) is 32.6 Å². The Balaban J connectivity index is 1.84. The molecule has 9 nitrogen and oxygen atoms in total. The molecule has 0 heterocycles. The van der Waals surface area contributed by atoms with E-state index >= 15 is 0 Å². The lowest BCUT2D eigenvalue weighted by Crippen LogP contribution is -2.53. The summed E-state index contributed by atoms with van der Waals surface area (Å²) in [5.41, 5.74) is 3.60. The number of benzene rings is 4. The number of nitrogens with one attached hydrogen (secondary N) is 1. The van der Waals surface area contributed by atoms with Crippen molar-refractivity contribution in [3.05, 3.63) is 118 Å². The SMILES string of the molecule is CNC(=O)[C@@H](Cc1ccccc1)N(Cc1cccc(Br)c1)C(=O)CN(c1cc(C)cc(C)c1)S(=O)(=O)c1ccc(OC)c(OC)c1. The highest BCUT2D eigenvalue weighted by Crippen LogP contribution is 2.33. The van der Waals surface area contributed by atoms with E-state index in [4.69, 9.17) is 9.47 Å². The Labute approximate surface area is 279 Å². The van der Waals surface area contributed by atoms with Gasteiger partial charge in [-0.3, -0.25) is 13.9 Å². The molecule has 0 bridgehead atoms. The second kappa shape index (κ2) is 15.3. The molecule has 0 aliphatic heterocycles. The molecular weight excluding hydrogens is 670 g/mol. The summed E-state index contributed by atoms with van der Waals surface area (Å²) in [5, 5.41) is 2.70. The Bertz CT molecular complexity index is 1780. The molecule has 0 radical (unpaired) electrons. The van der Waals surface area contributed by atoms with Crippen LogP contribution in [0.15, 0.2) is 100 Å². The topological polar surface area (TPSA) is 105 Å². The lowest BCUT2D eigenvalue weighted by molar-refractivity contribution is -0.139. The molecule has 0 fully saturated rings. The molecule has 11 heteroatoms. The van der Waals surface area contributed by atoms with Gasteiger partial charge in [0.1, 0.15) is 12.6 Å². The van der Waals surface area contributed by atoms with Gasteiger partial charge in [0, 0.05) is 30.6 Å². The fraction of sp³-hybridized carbons (Fsp3) is 0.257. The molecule has 4 rings (SSSR count). The van der Waals surface area contributed by atoms with Crippen LogP contribution in [0.25, 0.3) is 0 Å². The van der Waals surface area contributed by atoms with E-state index < -0.39 is 28.5 Å². The van der Waals surface area contributed by atoms with Crippen LogP contribution in [0.3, 0.4) is 0 Å². The van der Waals surface area contributed by atoms with Crippen molar-refractivity contribution in [2.75, 3.05) is 32.1 Å². The van der Waals surface area contributed by atoms with Crippen LogP contribution < -0.4 is 19.1 Å². The van der Waals surface area contributed by atoms with Gasteiger partial charge in [0.15, 0.2) is 11.5 Å².